The minimum atomic E-state index is -0.736. The Morgan fingerprint density at radius 1 is 1.88 bits per heavy atom. The summed E-state index contributed by atoms with van der Waals surface area (Å²) in [5.74, 6) is -0.736. The minimum absolute atomic E-state index is 0.231. The number of hydrogen-bond acceptors (Lipinski definition) is 2. The highest BCUT2D eigenvalue weighted by Crippen LogP contribution is 2.08. The Hall–Kier alpha value is -1.26. The zero-order valence-corrected chi connectivity index (χ0v) is 3.81. The molecule has 0 amide bonds. The first-order valence-electron chi connectivity index (χ1n) is 1.92. The molecular formula is C3H3FN3O+. The predicted molar refractivity (Wildman–Crippen MR) is 22.8 cm³/mol. The summed E-state index contributed by atoms with van der Waals surface area (Å²) in [7, 11) is 0. The van der Waals surface area contributed by atoms with Gasteiger partial charge in [0.05, 0.1) is 0 Å². The fourth-order valence-corrected chi connectivity index (χ4v) is 0.362. The van der Waals surface area contributed by atoms with Crippen molar-refractivity contribution in [3.05, 3.63) is 17.1 Å². The molecule has 1 heterocycles. The normalized spacial score (nSPS) is 9.12. The van der Waals surface area contributed by atoms with E-state index in [-0.39, 0.29) is 5.69 Å². The van der Waals surface area contributed by atoms with Gasteiger partial charge in [0, 0.05) is 0 Å². The lowest BCUT2D eigenvalue weighted by Crippen LogP contribution is -1.98. The molecule has 0 aliphatic rings. The molecule has 0 unspecified atom stereocenters. The van der Waals surface area contributed by atoms with Crippen LogP contribution in [0, 0.1) is 10.9 Å². The van der Waals surface area contributed by atoms with Crippen LogP contribution in [0.25, 0.3) is 0 Å². The molecule has 8 heavy (non-hydrogen) atoms. The van der Waals surface area contributed by atoms with Gasteiger partial charge >= 0.3 is 0 Å². The summed E-state index contributed by atoms with van der Waals surface area (Å²) in [6, 6.07) is 0. The lowest BCUT2D eigenvalue weighted by molar-refractivity contribution is -0.452. The van der Waals surface area contributed by atoms with Crippen LogP contribution in [-0.4, -0.2) is 5.10 Å². The van der Waals surface area contributed by atoms with Gasteiger partial charge in [-0.05, 0) is 5.18 Å². The van der Waals surface area contributed by atoms with Crippen LogP contribution >= 0.6 is 0 Å². The predicted octanol–water partition coefficient (Wildman–Crippen LogP) is 0.366. The molecule has 0 saturated carbocycles. The van der Waals surface area contributed by atoms with Gasteiger partial charge in [0.15, 0.2) is 0 Å². The lowest BCUT2D eigenvalue weighted by atomic mass is 10.6. The molecule has 1 rings (SSSR count). The SMILES string of the molecule is O=Nc1c[nH+][nH]c1F. The molecular weight excluding hydrogens is 113 g/mol. The zero-order valence-electron chi connectivity index (χ0n) is 3.81. The van der Waals surface area contributed by atoms with Gasteiger partial charge in [0.1, 0.15) is 0 Å². The highest BCUT2D eigenvalue weighted by atomic mass is 19.1. The maximum absolute atomic E-state index is 12.0. The van der Waals surface area contributed by atoms with Crippen molar-refractivity contribution in [3.63, 3.8) is 0 Å². The van der Waals surface area contributed by atoms with Crippen LogP contribution in [0.1, 0.15) is 0 Å². The molecule has 0 saturated heterocycles. The van der Waals surface area contributed by atoms with E-state index >= 15 is 0 Å². The first-order chi connectivity index (χ1) is 3.84. The summed E-state index contributed by atoms with van der Waals surface area (Å²) < 4.78 is 12.0. The smallest absolute Gasteiger partial charge is 0.179 e. The number of nitrogens with zero attached hydrogens (tertiary/aromatic N) is 1. The third kappa shape index (κ3) is 0.575. The van der Waals surface area contributed by atoms with Gasteiger partial charge in [-0.15, -0.1) is 15.1 Å². The molecule has 0 spiro atoms. The summed E-state index contributed by atoms with van der Waals surface area (Å²) >= 11 is 0. The Labute approximate surface area is 43.7 Å². The Kier molecular flexibility index (Phi) is 1.03. The molecule has 5 heteroatoms. The molecule has 0 fully saturated rings. The fourth-order valence-electron chi connectivity index (χ4n) is 0.362. The summed E-state index contributed by atoms with van der Waals surface area (Å²) in [5.41, 5.74) is -0.231. The van der Waals surface area contributed by atoms with Crippen LogP contribution in [0.3, 0.4) is 0 Å². The highest BCUT2D eigenvalue weighted by Gasteiger charge is 2.06. The van der Waals surface area contributed by atoms with Gasteiger partial charge in [-0.25, -0.2) is 0 Å². The maximum atomic E-state index is 12.0. The quantitative estimate of drug-likeness (QED) is 0.529. The van der Waals surface area contributed by atoms with E-state index in [0.717, 1.165) is 6.20 Å². The third-order valence-electron chi connectivity index (χ3n) is 0.714. The average Bonchev–Trinajstić information content (AvgIpc) is 2.14. The molecule has 0 aromatic carbocycles. The van der Waals surface area contributed by atoms with Crippen molar-refractivity contribution in [2.75, 3.05) is 0 Å². The number of hydrogen-bond donors (Lipinski definition) is 1. The first-order valence-corrected chi connectivity index (χ1v) is 1.92. The Bertz CT molecular complexity index is 196. The summed E-state index contributed by atoms with van der Waals surface area (Å²) in [6.45, 7) is 0. The van der Waals surface area contributed by atoms with Crippen LogP contribution in [0.2, 0.25) is 0 Å². The van der Waals surface area contributed by atoms with E-state index in [1.54, 1.807) is 0 Å². The van der Waals surface area contributed by atoms with Crippen molar-refractivity contribution in [3.8, 4) is 0 Å². The number of aromatic amines is 2. The van der Waals surface area contributed by atoms with E-state index in [2.05, 4.69) is 10.3 Å². The van der Waals surface area contributed by atoms with Crippen molar-refractivity contribution >= 4 is 5.69 Å². The summed E-state index contributed by atoms with van der Waals surface area (Å²) in [6.07, 6.45) is 1.14. The van der Waals surface area contributed by atoms with Gasteiger partial charge in [0.2, 0.25) is 11.9 Å². The van der Waals surface area contributed by atoms with Gasteiger partial charge < -0.3 is 0 Å². The van der Waals surface area contributed by atoms with Crippen LogP contribution in [0.4, 0.5) is 10.1 Å². The van der Waals surface area contributed by atoms with Crippen molar-refractivity contribution in [2.45, 2.75) is 0 Å². The van der Waals surface area contributed by atoms with Crippen LogP contribution in [-0.2, 0) is 0 Å². The van der Waals surface area contributed by atoms with Crippen molar-refractivity contribution in [2.24, 2.45) is 5.18 Å². The van der Waals surface area contributed by atoms with E-state index in [1.165, 1.54) is 0 Å². The molecule has 1 aromatic rings. The number of aromatic nitrogens is 2. The second-order valence-electron chi connectivity index (χ2n) is 1.20. The zero-order chi connectivity index (χ0) is 5.98. The highest BCUT2D eigenvalue weighted by molar-refractivity contribution is 5.28. The topological polar surface area (TPSA) is 59.4 Å². The number of rotatable bonds is 1. The second kappa shape index (κ2) is 1.69. The van der Waals surface area contributed by atoms with Crippen molar-refractivity contribution < 1.29 is 9.49 Å². The van der Waals surface area contributed by atoms with Crippen LogP contribution in [0.15, 0.2) is 11.4 Å². The van der Waals surface area contributed by atoms with Crippen molar-refractivity contribution in [1.29, 1.82) is 0 Å². The first kappa shape index (κ1) is 4.89. The standard InChI is InChI=1S/C3H2FN3O/c4-3-2(7-8)1-5-6-3/h1H,(H,5,6)/p+1. The largest absolute Gasteiger partial charge is 0.278 e. The van der Waals surface area contributed by atoms with E-state index in [4.69, 9.17) is 0 Å². The Balaban J connectivity index is 3.09. The van der Waals surface area contributed by atoms with E-state index in [1.807, 2.05) is 5.10 Å². The molecule has 0 radical (unpaired) electrons. The molecule has 4 nitrogen and oxygen atoms in total. The third-order valence-corrected chi connectivity index (χ3v) is 0.714. The summed E-state index contributed by atoms with van der Waals surface area (Å²) in [4.78, 5) is 9.56. The number of H-pyrrole nitrogens is 2. The van der Waals surface area contributed by atoms with Crippen molar-refractivity contribution in [1.82, 2.24) is 5.10 Å². The Morgan fingerprint density at radius 3 is 2.88 bits per heavy atom. The van der Waals surface area contributed by atoms with Crippen LogP contribution in [0.5, 0.6) is 0 Å². The summed E-state index contributed by atoms with van der Waals surface area (Å²) in [5, 5.41) is 6.63. The lowest BCUT2D eigenvalue weighted by Gasteiger charge is -1.67. The molecule has 2 N–H and O–H groups in total. The number of nitroso groups, excluding NO2 is 1. The molecule has 0 aliphatic carbocycles. The second-order valence-corrected chi connectivity index (χ2v) is 1.20. The van der Waals surface area contributed by atoms with E-state index in [9.17, 15) is 9.30 Å². The van der Waals surface area contributed by atoms with Gasteiger partial charge in [-0.2, -0.15) is 4.39 Å². The number of nitrogens with one attached hydrogen (secondary N) is 2. The van der Waals surface area contributed by atoms with Gasteiger partial charge in [-0.1, -0.05) is 0 Å². The van der Waals surface area contributed by atoms with E-state index < -0.39 is 5.95 Å². The molecule has 0 atom stereocenters. The van der Waals surface area contributed by atoms with Gasteiger partial charge in [0.25, 0.3) is 5.95 Å². The monoisotopic (exact) mass is 116 g/mol. The molecule has 0 bridgehead atoms. The minimum Gasteiger partial charge on any atom is -0.179 e. The Morgan fingerprint density at radius 2 is 2.62 bits per heavy atom. The number of halogens is 1. The fraction of sp³-hybridized carbons (Fsp3) is 0. The average molecular weight is 116 g/mol. The maximum Gasteiger partial charge on any atom is 0.278 e. The van der Waals surface area contributed by atoms with E-state index in [0.29, 0.717) is 0 Å². The van der Waals surface area contributed by atoms with Gasteiger partial charge in [-0.3, -0.25) is 0 Å². The molecule has 1 aromatic heterocycles. The molecule has 42 valence electrons. The molecule has 0 aliphatic heterocycles. The van der Waals surface area contributed by atoms with Crippen LogP contribution < -0.4 is 5.10 Å².